The Balaban J connectivity index is 1.65. The summed E-state index contributed by atoms with van der Waals surface area (Å²) in [7, 11) is 0. The van der Waals surface area contributed by atoms with Gasteiger partial charge in [-0.2, -0.15) is 4.98 Å². The first-order chi connectivity index (χ1) is 9.72. The molecule has 7 nitrogen and oxygen atoms in total. The van der Waals surface area contributed by atoms with Crippen molar-refractivity contribution in [3.8, 4) is 0 Å². The molecule has 0 bridgehead atoms. The van der Waals surface area contributed by atoms with Crippen LogP contribution < -0.4 is 11.1 Å². The Morgan fingerprint density at radius 1 is 1.45 bits per heavy atom. The lowest BCUT2D eigenvalue weighted by Crippen LogP contribution is -2.25. The zero-order valence-corrected chi connectivity index (χ0v) is 11.2. The Morgan fingerprint density at radius 3 is 3.15 bits per heavy atom. The average Bonchev–Trinajstić information content (AvgIpc) is 3.05. The van der Waals surface area contributed by atoms with Gasteiger partial charge in [0.2, 0.25) is 6.39 Å². The van der Waals surface area contributed by atoms with Gasteiger partial charge < -0.3 is 15.6 Å². The molecular weight excluding hydrogens is 278 g/mol. The molecule has 0 spiro atoms. The number of fused-ring (bicyclic) bond motifs is 1. The van der Waals surface area contributed by atoms with E-state index in [9.17, 15) is 4.79 Å². The summed E-state index contributed by atoms with van der Waals surface area (Å²) in [5, 5.41) is 6.97. The first-order valence-electron chi connectivity index (χ1n) is 5.92. The summed E-state index contributed by atoms with van der Waals surface area (Å²) in [6.07, 6.45) is 1.79. The van der Waals surface area contributed by atoms with Crippen LogP contribution in [0.2, 0.25) is 0 Å². The highest BCUT2D eigenvalue weighted by atomic mass is 32.1. The minimum Gasteiger partial charge on any atom is -0.375 e. The first kappa shape index (κ1) is 12.5. The number of nitrogens with zero attached hydrogens (tertiary/aromatic N) is 3. The van der Waals surface area contributed by atoms with E-state index in [2.05, 4.69) is 25.0 Å². The maximum atomic E-state index is 12.0. The van der Waals surface area contributed by atoms with E-state index in [0.717, 1.165) is 10.2 Å². The van der Waals surface area contributed by atoms with Crippen LogP contribution in [0.4, 0.5) is 5.13 Å². The molecule has 2 heterocycles. The Morgan fingerprint density at radius 2 is 2.35 bits per heavy atom. The third kappa shape index (κ3) is 2.59. The highest BCUT2D eigenvalue weighted by Gasteiger charge is 2.09. The van der Waals surface area contributed by atoms with Crippen LogP contribution in [-0.4, -0.2) is 27.6 Å². The minimum absolute atomic E-state index is 0.151. The van der Waals surface area contributed by atoms with Gasteiger partial charge in [0.15, 0.2) is 11.0 Å². The molecule has 0 aliphatic heterocycles. The molecule has 0 unspecified atom stereocenters. The highest BCUT2D eigenvalue weighted by Crippen LogP contribution is 2.24. The summed E-state index contributed by atoms with van der Waals surface area (Å²) in [4.78, 5) is 20.0. The van der Waals surface area contributed by atoms with E-state index in [1.165, 1.54) is 17.7 Å². The second-order valence-corrected chi connectivity index (χ2v) is 5.15. The number of carbonyl (C=O) groups is 1. The van der Waals surface area contributed by atoms with Gasteiger partial charge in [0.25, 0.3) is 5.91 Å². The molecule has 102 valence electrons. The Kier molecular flexibility index (Phi) is 3.30. The quantitative estimate of drug-likeness (QED) is 0.748. The van der Waals surface area contributed by atoms with E-state index in [0.29, 0.717) is 29.5 Å². The van der Waals surface area contributed by atoms with Gasteiger partial charge in [-0.1, -0.05) is 16.5 Å². The van der Waals surface area contributed by atoms with Gasteiger partial charge >= 0.3 is 0 Å². The number of aromatic nitrogens is 3. The Hall–Kier alpha value is -2.48. The summed E-state index contributed by atoms with van der Waals surface area (Å²) in [5.74, 6) is 0.415. The van der Waals surface area contributed by atoms with Crippen LogP contribution in [0.5, 0.6) is 0 Å². The number of nitrogen functional groups attached to an aromatic ring is 1. The molecule has 0 radical (unpaired) electrons. The number of hydrogen-bond acceptors (Lipinski definition) is 7. The van der Waals surface area contributed by atoms with Crippen LogP contribution in [0.15, 0.2) is 29.1 Å². The molecule has 0 saturated heterocycles. The molecule has 0 aliphatic carbocycles. The van der Waals surface area contributed by atoms with Crippen molar-refractivity contribution in [1.82, 2.24) is 20.4 Å². The number of hydrogen-bond donors (Lipinski definition) is 2. The third-order valence-electron chi connectivity index (χ3n) is 2.71. The van der Waals surface area contributed by atoms with E-state index in [4.69, 9.17) is 5.73 Å². The maximum Gasteiger partial charge on any atom is 0.251 e. The summed E-state index contributed by atoms with van der Waals surface area (Å²) >= 11 is 1.36. The van der Waals surface area contributed by atoms with Crippen molar-refractivity contribution in [1.29, 1.82) is 0 Å². The van der Waals surface area contributed by atoms with Crippen molar-refractivity contribution in [3.05, 3.63) is 36.0 Å². The van der Waals surface area contributed by atoms with Crippen LogP contribution in [0.3, 0.4) is 0 Å². The van der Waals surface area contributed by atoms with Gasteiger partial charge in [0.1, 0.15) is 0 Å². The molecule has 0 aliphatic rings. The van der Waals surface area contributed by atoms with Crippen LogP contribution >= 0.6 is 11.3 Å². The monoisotopic (exact) mass is 289 g/mol. The topological polar surface area (TPSA) is 107 Å². The van der Waals surface area contributed by atoms with Gasteiger partial charge in [-0.15, -0.1) is 0 Å². The normalized spacial score (nSPS) is 10.8. The largest absolute Gasteiger partial charge is 0.375 e. The van der Waals surface area contributed by atoms with Gasteiger partial charge in [-0.25, -0.2) is 4.98 Å². The number of thiazole rings is 1. The van der Waals surface area contributed by atoms with Crippen molar-refractivity contribution in [2.45, 2.75) is 6.42 Å². The fraction of sp³-hybridized carbons (Fsp3) is 0.167. The molecule has 3 rings (SSSR count). The minimum atomic E-state index is -0.151. The maximum absolute atomic E-state index is 12.0. The molecular formula is C12H11N5O2S. The van der Waals surface area contributed by atoms with Gasteiger partial charge in [-0.05, 0) is 18.2 Å². The second kappa shape index (κ2) is 5.25. The Bertz CT molecular complexity index is 737. The summed E-state index contributed by atoms with van der Waals surface area (Å²) < 4.78 is 5.51. The summed E-state index contributed by atoms with van der Waals surface area (Å²) in [6, 6.07) is 5.30. The number of carbonyl (C=O) groups excluding carboxylic acids is 1. The van der Waals surface area contributed by atoms with Crippen LogP contribution in [0.1, 0.15) is 16.2 Å². The number of nitrogens with one attached hydrogen (secondary N) is 1. The number of nitrogens with two attached hydrogens (primary N) is 1. The number of anilines is 1. The van der Waals surface area contributed by atoms with Gasteiger partial charge in [0, 0.05) is 18.5 Å². The predicted octanol–water partition coefficient (Wildman–Crippen LogP) is 1.23. The lowest BCUT2D eigenvalue weighted by atomic mass is 10.2. The third-order valence-corrected chi connectivity index (χ3v) is 3.56. The molecule has 0 fully saturated rings. The number of amides is 1. The van der Waals surface area contributed by atoms with Crippen LogP contribution in [-0.2, 0) is 6.42 Å². The van der Waals surface area contributed by atoms with E-state index in [1.54, 1.807) is 18.2 Å². The first-order valence-corrected chi connectivity index (χ1v) is 6.73. The van der Waals surface area contributed by atoms with Crippen molar-refractivity contribution >= 4 is 32.6 Å². The van der Waals surface area contributed by atoms with E-state index >= 15 is 0 Å². The van der Waals surface area contributed by atoms with Crippen molar-refractivity contribution < 1.29 is 9.32 Å². The lowest BCUT2D eigenvalue weighted by molar-refractivity contribution is 0.0954. The fourth-order valence-corrected chi connectivity index (χ4v) is 2.55. The SMILES string of the molecule is Nc1nc2ccc(C(=O)NCCc3ncon3)cc2s1. The summed E-state index contributed by atoms with van der Waals surface area (Å²) in [5.41, 5.74) is 7.01. The molecule has 3 N–H and O–H groups in total. The fourth-order valence-electron chi connectivity index (χ4n) is 1.78. The van der Waals surface area contributed by atoms with E-state index < -0.39 is 0 Å². The standard InChI is InChI=1S/C12H11N5O2S/c13-12-16-8-2-1-7(5-9(8)20-12)11(18)14-4-3-10-15-6-19-17-10/h1-2,5-6H,3-4H2,(H2,13,16)(H,14,18). The molecule has 1 amide bonds. The molecule has 0 saturated carbocycles. The second-order valence-electron chi connectivity index (χ2n) is 4.09. The van der Waals surface area contributed by atoms with Crippen molar-refractivity contribution in [2.75, 3.05) is 12.3 Å². The molecule has 0 atom stereocenters. The zero-order valence-electron chi connectivity index (χ0n) is 10.4. The smallest absolute Gasteiger partial charge is 0.251 e. The number of rotatable bonds is 4. The molecule has 8 heteroatoms. The van der Waals surface area contributed by atoms with Crippen LogP contribution in [0.25, 0.3) is 10.2 Å². The van der Waals surface area contributed by atoms with Crippen LogP contribution in [0, 0.1) is 0 Å². The molecule has 1 aromatic carbocycles. The van der Waals surface area contributed by atoms with Crippen molar-refractivity contribution in [3.63, 3.8) is 0 Å². The van der Waals surface area contributed by atoms with Gasteiger partial charge in [0.05, 0.1) is 10.2 Å². The van der Waals surface area contributed by atoms with Gasteiger partial charge in [-0.3, -0.25) is 4.79 Å². The Labute approximate surface area is 117 Å². The zero-order chi connectivity index (χ0) is 13.9. The number of benzene rings is 1. The average molecular weight is 289 g/mol. The van der Waals surface area contributed by atoms with E-state index in [-0.39, 0.29) is 5.91 Å². The molecule has 3 aromatic rings. The predicted molar refractivity (Wildman–Crippen MR) is 74.4 cm³/mol. The molecule has 2 aromatic heterocycles. The van der Waals surface area contributed by atoms with E-state index in [1.807, 2.05) is 0 Å². The lowest BCUT2D eigenvalue weighted by Gasteiger charge is -2.03. The molecule has 20 heavy (non-hydrogen) atoms. The van der Waals surface area contributed by atoms with Crippen molar-refractivity contribution in [2.24, 2.45) is 0 Å². The summed E-state index contributed by atoms with van der Waals surface area (Å²) in [6.45, 7) is 0.446. The highest BCUT2D eigenvalue weighted by molar-refractivity contribution is 7.22.